The molecule has 12 nitrogen and oxygen atoms in total. The number of hydrogen-bond acceptors (Lipinski definition) is 8. The Bertz CT molecular complexity index is 954. The van der Waals surface area contributed by atoms with Gasteiger partial charge in [-0.05, 0) is 60.7 Å². The zero-order valence-electron chi connectivity index (χ0n) is 24.7. The molecule has 0 aliphatic heterocycles. The van der Waals surface area contributed by atoms with Gasteiger partial charge in [-0.3, -0.25) is 0 Å². The summed E-state index contributed by atoms with van der Waals surface area (Å²) in [5.74, 6) is 0. The zero-order chi connectivity index (χ0) is 30.1. The van der Waals surface area contributed by atoms with Crippen molar-refractivity contribution in [2.24, 2.45) is 10.2 Å². The number of azide groups is 2. The molecule has 0 amide bonds. The van der Waals surface area contributed by atoms with Crippen LogP contribution in [0.15, 0.2) is 70.9 Å². The van der Waals surface area contributed by atoms with Gasteiger partial charge >= 0.3 is 0 Å². The van der Waals surface area contributed by atoms with E-state index in [2.05, 4.69) is 44.3 Å². The smallest absolute Gasteiger partial charge is 0.147 e. The minimum Gasteiger partial charge on any atom is -0.382 e. The highest BCUT2D eigenvalue weighted by molar-refractivity contribution is 5.15. The van der Waals surface area contributed by atoms with Gasteiger partial charge < -0.3 is 28.4 Å². The standard InChI is InChI=1S/C30H44N6O6/c1-37-19-21-39-23-41-29(27(33-35-31)17-9-15-25-11-5-3-6-12-25)30(42-24-40-22-20-38-2)28(34-36-32)18-10-16-26-13-7-4-8-14-26/h3-8,11-14,27-30H,9-10,15-24H2,1-2H3/t27-,28-,29+,30+/m1/s1. The second-order valence-electron chi connectivity index (χ2n) is 9.60. The largest absolute Gasteiger partial charge is 0.382 e. The van der Waals surface area contributed by atoms with E-state index in [0.29, 0.717) is 39.3 Å². The average molecular weight is 585 g/mol. The molecule has 12 heteroatoms. The molecule has 0 unspecified atom stereocenters. The van der Waals surface area contributed by atoms with E-state index in [0.717, 1.165) is 25.7 Å². The lowest BCUT2D eigenvalue weighted by atomic mass is 9.92. The van der Waals surface area contributed by atoms with E-state index in [9.17, 15) is 11.1 Å². The Morgan fingerprint density at radius 1 is 0.619 bits per heavy atom. The zero-order valence-corrected chi connectivity index (χ0v) is 24.7. The predicted molar refractivity (Wildman–Crippen MR) is 160 cm³/mol. The summed E-state index contributed by atoms with van der Waals surface area (Å²) >= 11 is 0. The van der Waals surface area contributed by atoms with Crippen molar-refractivity contribution < 1.29 is 28.4 Å². The Balaban J connectivity index is 2.27. The maximum absolute atomic E-state index is 9.50. The van der Waals surface area contributed by atoms with E-state index in [1.54, 1.807) is 14.2 Å². The van der Waals surface area contributed by atoms with Gasteiger partial charge in [-0.1, -0.05) is 70.9 Å². The Hall–Kier alpha value is -3.18. The third-order valence-electron chi connectivity index (χ3n) is 6.65. The number of rotatable bonds is 25. The molecule has 0 saturated carbocycles. The molecule has 0 radical (unpaired) electrons. The van der Waals surface area contributed by atoms with Crippen molar-refractivity contribution in [3.8, 4) is 0 Å². The summed E-state index contributed by atoms with van der Waals surface area (Å²) in [6, 6.07) is 19.0. The van der Waals surface area contributed by atoms with Crippen LogP contribution in [0.3, 0.4) is 0 Å². The highest BCUT2D eigenvalue weighted by Crippen LogP contribution is 2.25. The number of hydrogen-bond donors (Lipinski definition) is 0. The van der Waals surface area contributed by atoms with Gasteiger partial charge in [0.05, 0.1) is 50.7 Å². The van der Waals surface area contributed by atoms with Crippen LogP contribution in [-0.4, -0.2) is 78.5 Å². The first kappa shape index (κ1) is 35.0. The summed E-state index contributed by atoms with van der Waals surface area (Å²) in [5.41, 5.74) is 21.4. The Morgan fingerprint density at radius 3 is 1.38 bits per heavy atom. The number of ether oxygens (including phenoxy) is 6. The molecule has 2 aromatic carbocycles. The minimum atomic E-state index is -0.766. The summed E-state index contributed by atoms with van der Waals surface area (Å²) < 4.78 is 33.7. The van der Waals surface area contributed by atoms with Crippen LogP contribution >= 0.6 is 0 Å². The quantitative estimate of drug-likeness (QED) is 0.0432. The Labute approximate surface area is 248 Å². The van der Waals surface area contributed by atoms with Crippen molar-refractivity contribution in [2.75, 3.05) is 54.2 Å². The number of aryl methyl sites for hydroxylation is 2. The van der Waals surface area contributed by atoms with Gasteiger partial charge in [-0.25, -0.2) is 0 Å². The second kappa shape index (κ2) is 23.4. The maximum Gasteiger partial charge on any atom is 0.147 e. The van der Waals surface area contributed by atoms with Gasteiger partial charge in [0.2, 0.25) is 0 Å². The van der Waals surface area contributed by atoms with Gasteiger partial charge in [-0.2, -0.15) is 0 Å². The number of nitrogens with zero attached hydrogens (tertiary/aromatic N) is 6. The molecule has 0 aliphatic rings. The molecule has 42 heavy (non-hydrogen) atoms. The first-order valence-electron chi connectivity index (χ1n) is 14.3. The SMILES string of the molecule is COCCOCO[C@H]([C@@H](OCOCCOC)[C@@H](CCCc1ccccc1)N=[N+]=[N-])[C@@H](CCCc1ccccc1)N=[N+]=[N-]. The Kier molecular flexibility index (Phi) is 19.5. The fourth-order valence-electron chi connectivity index (χ4n) is 4.53. The molecule has 0 spiro atoms. The number of methoxy groups -OCH3 is 2. The van der Waals surface area contributed by atoms with E-state index < -0.39 is 24.3 Å². The highest BCUT2D eigenvalue weighted by Gasteiger charge is 2.36. The topological polar surface area (TPSA) is 153 Å². The van der Waals surface area contributed by atoms with Crippen LogP contribution < -0.4 is 0 Å². The summed E-state index contributed by atoms with van der Waals surface area (Å²) in [5, 5.41) is 8.24. The van der Waals surface area contributed by atoms with Crippen molar-refractivity contribution in [3.63, 3.8) is 0 Å². The average Bonchev–Trinajstić information content (AvgIpc) is 3.02. The predicted octanol–water partition coefficient (Wildman–Crippen LogP) is 6.40. The van der Waals surface area contributed by atoms with Crippen LogP contribution in [0.1, 0.15) is 36.8 Å². The number of benzene rings is 2. The van der Waals surface area contributed by atoms with Crippen LogP contribution in [0.25, 0.3) is 20.9 Å². The lowest BCUT2D eigenvalue weighted by Gasteiger charge is -2.34. The van der Waals surface area contributed by atoms with E-state index in [-0.39, 0.29) is 13.6 Å². The molecular weight excluding hydrogens is 540 g/mol. The van der Waals surface area contributed by atoms with Gasteiger partial charge in [0, 0.05) is 24.0 Å². The van der Waals surface area contributed by atoms with Gasteiger partial charge in [0.15, 0.2) is 0 Å². The molecule has 0 aliphatic carbocycles. The van der Waals surface area contributed by atoms with Crippen molar-refractivity contribution in [1.29, 1.82) is 0 Å². The molecule has 0 heterocycles. The van der Waals surface area contributed by atoms with E-state index >= 15 is 0 Å². The fraction of sp³-hybridized carbons (Fsp3) is 0.600. The molecule has 0 N–H and O–H groups in total. The third-order valence-corrected chi connectivity index (χ3v) is 6.65. The molecule has 0 saturated heterocycles. The van der Waals surface area contributed by atoms with Crippen LogP contribution in [0.2, 0.25) is 0 Å². The molecule has 0 aromatic heterocycles. The molecule has 0 fully saturated rings. The summed E-state index contributed by atoms with van der Waals surface area (Å²) in [7, 11) is 3.18. The van der Waals surface area contributed by atoms with Gasteiger partial charge in [0.1, 0.15) is 13.6 Å². The molecule has 2 rings (SSSR count). The van der Waals surface area contributed by atoms with Crippen LogP contribution in [0.4, 0.5) is 0 Å². The van der Waals surface area contributed by atoms with Gasteiger partial charge in [0.25, 0.3) is 0 Å². The van der Waals surface area contributed by atoms with Crippen molar-refractivity contribution >= 4 is 0 Å². The molecular formula is C30H44N6O6. The van der Waals surface area contributed by atoms with Crippen molar-refractivity contribution in [3.05, 3.63) is 92.7 Å². The maximum atomic E-state index is 9.50. The molecule has 230 valence electrons. The minimum absolute atomic E-state index is 0.0818. The summed E-state index contributed by atoms with van der Waals surface area (Å²) in [6.45, 7) is 1.29. The molecule has 2 aromatic rings. The Morgan fingerprint density at radius 2 is 1.02 bits per heavy atom. The summed E-state index contributed by atoms with van der Waals surface area (Å²) in [4.78, 5) is 6.26. The van der Waals surface area contributed by atoms with E-state index in [1.165, 1.54) is 11.1 Å². The van der Waals surface area contributed by atoms with E-state index in [4.69, 9.17) is 28.4 Å². The highest BCUT2D eigenvalue weighted by atomic mass is 16.7. The lowest BCUT2D eigenvalue weighted by molar-refractivity contribution is -0.182. The van der Waals surface area contributed by atoms with E-state index in [1.807, 2.05) is 36.4 Å². The lowest BCUT2D eigenvalue weighted by Crippen LogP contribution is -2.47. The third kappa shape index (κ3) is 14.6. The second-order valence-corrected chi connectivity index (χ2v) is 9.60. The fourth-order valence-corrected chi connectivity index (χ4v) is 4.53. The molecule has 0 bridgehead atoms. The molecule has 4 atom stereocenters. The van der Waals surface area contributed by atoms with Crippen molar-refractivity contribution in [1.82, 2.24) is 0 Å². The normalized spacial score (nSPS) is 13.9. The van der Waals surface area contributed by atoms with Crippen LogP contribution in [0.5, 0.6) is 0 Å². The first-order chi connectivity index (χ1) is 20.7. The first-order valence-corrected chi connectivity index (χ1v) is 14.3. The monoisotopic (exact) mass is 584 g/mol. The summed E-state index contributed by atoms with van der Waals surface area (Å²) in [6.07, 6.45) is 2.62. The van der Waals surface area contributed by atoms with Crippen molar-refractivity contribution in [2.45, 2.75) is 62.8 Å². The van der Waals surface area contributed by atoms with Gasteiger partial charge in [-0.15, -0.1) is 0 Å². The van der Waals surface area contributed by atoms with Crippen LogP contribution in [-0.2, 0) is 41.3 Å². The van der Waals surface area contributed by atoms with Crippen LogP contribution in [0, 0.1) is 0 Å².